The Morgan fingerprint density at radius 3 is 2.94 bits per heavy atom. The van der Waals surface area contributed by atoms with E-state index in [-0.39, 0.29) is 0 Å². The minimum absolute atomic E-state index is 0.707. The summed E-state index contributed by atoms with van der Waals surface area (Å²) in [6.07, 6.45) is 1.73. The molecule has 0 spiro atoms. The maximum atomic E-state index is 6.01. The topological polar surface area (TPSA) is 41.6 Å². The van der Waals surface area contributed by atoms with Crippen molar-refractivity contribution in [3.05, 3.63) is 47.1 Å². The van der Waals surface area contributed by atoms with E-state index in [4.69, 9.17) is 11.6 Å². The van der Waals surface area contributed by atoms with Gasteiger partial charge in [0.15, 0.2) is 5.65 Å². The molecule has 1 aromatic carbocycles. The van der Waals surface area contributed by atoms with Gasteiger partial charge in [-0.2, -0.15) is 0 Å². The largest absolute Gasteiger partial charge is 0.337 e. The normalized spacial score (nSPS) is 10.9. The van der Waals surface area contributed by atoms with Gasteiger partial charge in [0.05, 0.1) is 5.52 Å². The summed E-state index contributed by atoms with van der Waals surface area (Å²) in [5, 5.41) is 0.707. The van der Waals surface area contributed by atoms with E-state index in [0.717, 1.165) is 28.1 Å². The zero-order chi connectivity index (χ0) is 11.8. The van der Waals surface area contributed by atoms with E-state index in [1.165, 1.54) is 0 Å². The second-order valence-electron chi connectivity index (χ2n) is 3.92. The van der Waals surface area contributed by atoms with Crippen LogP contribution in [0, 0.1) is 6.92 Å². The molecule has 0 fully saturated rings. The molecule has 0 aliphatic carbocycles. The van der Waals surface area contributed by atoms with Crippen LogP contribution in [-0.4, -0.2) is 15.0 Å². The van der Waals surface area contributed by atoms with Gasteiger partial charge in [-0.05, 0) is 36.8 Å². The summed E-state index contributed by atoms with van der Waals surface area (Å²) in [5.74, 6) is 0.804. The number of nitrogens with one attached hydrogen (secondary N) is 1. The van der Waals surface area contributed by atoms with Crippen molar-refractivity contribution in [3.63, 3.8) is 0 Å². The summed E-state index contributed by atoms with van der Waals surface area (Å²) < 4.78 is 0. The van der Waals surface area contributed by atoms with Crippen molar-refractivity contribution < 1.29 is 0 Å². The molecule has 2 heterocycles. The lowest BCUT2D eigenvalue weighted by Gasteiger charge is -2.02. The van der Waals surface area contributed by atoms with Gasteiger partial charge in [0.25, 0.3) is 0 Å². The Morgan fingerprint density at radius 2 is 2.12 bits per heavy atom. The van der Waals surface area contributed by atoms with Crippen LogP contribution in [0.25, 0.3) is 22.6 Å². The molecule has 0 amide bonds. The van der Waals surface area contributed by atoms with Crippen LogP contribution >= 0.6 is 11.6 Å². The van der Waals surface area contributed by atoms with E-state index in [0.29, 0.717) is 5.02 Å². The quantitative estimate of drug-likeness (QED) is 0.710. The van der Waals surface area contributed by atoms with Gasteiger partial charge in [-0.3, -0.25) is 0 Å². The predicted octanol–water partition coefficient (Wildman–Crippen LogP) is 3.59. The summed E-state index contributed by atoms with van der Waals surface area (Å²) in [6, 6.07) is 9.61. The number of H-pyrrole nitrogens is 1. The Balaban J connectivity index is 2.23. The Morgan fingerprint density at radius 1 is 1.24 bits per heavy atom. The number of fused-ring (bicyclic) bond motifs is 1. The Bertz CT molecular complexity index is 655. The van der Waals surface area contributed by atoms with Crippen LogP contribution in [0.1, 0.15) is 5.56 Å². The molecule has 0 aliphatic heterocycles. The lowest BCUT2D eigenvalue weighted by Crippen LogP contribution is -1.85. The van der Waals surface area contributed by atoms with Crippen molar-refractivity contribution in [2.45, 2.75) is 6.92 Å². The van der Waals surface area contributed by atoms with E-state index in [1.54, 1.807) is 6.20 Å². The lowest BCUT2D eigenvalue weighted by atomic mass is 10.1. The van der Waals surface area contributed by atoms with E-state index in [1.807, 2.05) is 37.3 Å². The molecule has 0 radical (unpaired) electrons. The molecule has 0 saturated heterocycles. The molecule has 3 nitrogen and oxygen atoms in total. The first kappa shape index (κ1) is 10.3. The van der Waals surface area contributed by atoms with Crippen LogP contribution in [0.4, 0.5) is 0 Å². The van der Waals surface area contributed by atoms with Gasteiger partial charge in [-0.15, -0.1) is 0 Å². The SMILES string of the molecule is Cc1ccc(Cl)cc1-c1nc2ncccc2[nH]1. The highest BCUT2D eigenvalue weighted by molar-refractivity contribution is 6.30. The average Bonchev–Trinajstić information content (AvgIpc) is 2.75. The van der Waals surface area contributed by atoms with Crippen LogP contribution in [-0.2, 0) is 0 Å². The molecule has 0 aliphatic rings. The van der Waals surface area contributed by atoms with Gasteiger partial charge >= 0.3 is 0 Å². The molecule has 17 heavy (non-hydrogen) atoms. The number of pyridine rings is 1. The molecule has 3 rings (SSSR count). The Labute approximate surface area is 103 Å². The van der Waals surface area contributed by atoms with Gasteiger partial charge in [-0.1, -0.05) is 17.7 Å². The number of nitrogens with zero attached hydrogens (tertiary/aromatic N) is 2. The van der Waals surface area contributed by atoms with Crippen LogP contribution in [0.5, 0.6) is 0 Å². The predicted molar refractivity (Wildman–Crippen MR) is 69.1 cm³/mol. The standard InChI is InChI=1S/C13H10ClN3/c1-8-4-5-9(14)7-10(8)12-16-11-3-2-6-15-13(11)17-12/h2-7H,1H3,(H,15,16,17). The third-order valence-corrected chi connectivity index (χ3v) is 2.95. The minimum Gasteiger partial charge on any atom is -0.337 e. The van der Waals surface area contributed by atoms with E-state index >= 15 is 0 Å². The number of aromatic nitrogens is 3. The Kier molecular flexibility index (Phi) is 2.34. The van der Waals surface area contributed by atoms with Crippen molar-refractivity contribution in [3.8, 4) is 11.4 Å². The van der Waals surface area contributed by atoms with Gasteiger partial charge in [0.2, 0.25) is 0 Å². The third-order valence-electron chi connectivity index (χ3n) is 2.71. The van der Waals surface area contributed by atoms with Crippen molar-refractivity contribution >= 4 is 22.8 Å². The zero-order valence-electron chi connectivity index (χ0n) is 9.24. The highest BCUT2D eigenvalue weighted by atomic mass is 35.5. The molecule has 0 atom stereocenters. The van der Waals surface area contributed by atoms with Gasteiger partial charge < -0.3 is 4.98 Å². The summed E-state index contributed by atoms with van der Waals surface area (Å²) in [7, 11) is 0. The number of benzene rings is 1. The third kappa shape index (κ3) is 1.78. The zero-order valence-corrected chi connectivity index (χ0v) is 9.99. The lowest BCUT2D eigenvalue weighted by molar-refractivity contribution is 1.28. The molecule has 4 heteroatoms. The van der Waals surface area contributed by atoms with E-state index < -0.39 is 0 Å². The smallest absolute Gasteiger partial charge is 0.178 e. The molecule has 2 aromatic heterocycles. The number of imidazole rings is 1. The first-order chi connectivity index (χ1) is 8.24. The molecular formula is C13H10ClN3. The summed E-state index contributed by atoms with van der Waals surface area (Å²) >= 11 is 6.01. The highest BCUT2D eigenvalue weighted by Crippen LogP contribution is 2.25. The molecule has 84 valence electrons. The summed E-state index contributed by atoms with van der Waals surface area (Å²) in [4.78, 5) is 11.9. The fourth-order valence-electron chi connectivity index (χ4n) is 1.82. The monoisotopic (exact) mass is 243 g/mol. The first-order valence-electron chi connectivity index (χ1n) is 5.31. The molecule has 3 aromatic rings. The van der Waals surface area contributed by atoms with Crippen LogP contribution in [0.3, 0.4) is 0 Å². The number of halogens is 1. The fraction of sp³-hybridized carbons (Fsp3) is 0.0769. The average molecular weight is 244 g/mol. The van der Waals surface area contributed by atoms with Gasteiger partial charge in [0.1, 0.15) is 5.82 Å². The maximum Gasteiger partial charge on any atom is 0.178 e. The second kappa shape index (κ2) is 3.86. The molecule has 0 bridgehead atoms. The van der Waals surface area contributed by atoms with E-state index in [9.17, 15) is 0 Å². The van der Waals surface area contributed by atoms with Crippen molar-refractivity contribution in [1.29, 1.82) is 0 Å². The van der Waals surface area contributed by atoms with Crippen molar-refractivity contribution in [2.24, 2.45) is 0 Å². The number of hydrogen-bond acceptors (Lipinski definition) is 2. The molecule has 1 N–H and O–H groups in total. The molecule has 0 saturated carbocycles. The highest BCUT2D eigenvalue weighted by Gasteiger charge is 2.08. The number of aryl methyl sites for hydroxylation is 1. The number of aromatic amines is 1. The minimum atomic E-state index is 0.707. The summed E-state index contributed by atoms with van der Waals surface area (Å²) in [6.45, 7) is 2.03. The van der Waals surface area contributed by atoms with Gasteiger partial charge in [-0.25, -0.2) is 9.97 Å². The Hall–Kier alpha value is -1.87. The summed E-state index contributed by atoms with van der Waals surface area (Å²) in [5.41, 5.74) is 3.80. The van der Waals surface area contributed by atoms with Crippen molar-refractivity contribution in [2.75, 3.05) is 0 Å². The van der Waals surface area contributed by atoms with Crippen LogP contribution in [0.15, 0.2) is 36.5 Å². The molecule has 0 unspecified atom stereocenters. The number of hydrogen-bond donors (Lipinski definition) is 1. The number of rotatable bonds is 1. The first-order valence-corrected chi connectivity index (χ1v) is 5.69. The van der Waals surface area contributed by atoms with E-state index in [2.05, 4.69) is 15.0 Å². The van der Waals surface area contributed by atoms with Gasteiger partial charge in [0, 0.05) is 16.8 Å². The maximum absolute atomic E-state index is 6.01. The van der Waals surface area contributed by atoms with Crippen LogP contribution < -0.4 is 0 Å². The van der Waals surface area contributed by atoms with Crippen molar-refractivity contribution in [1.82, 2.24) is 15.0 Å². The van der Waals surface area contributed by atoms with Crippen LogP contribution in [0.2, 0.25) is 5.02 Å². The fourth-order valence-corrected chi connectivity index (χ4v) is 1.99. The molecular weight excluding hydrogens is 234 g/mol. The second-order valence-corrected chi connectivity index (χ2v) is 4.36.